The molecule has 3 rings (SSSR count). The summed E-state index contributed by atoms with van der Waals surface area (Å²) in [5, 5.41) is -4.51. The van der Waals surface area contributed by atoms with Gasteiger partial charge in [-0.05, 0) is 36.0 Å². The Balaban J connectivity index is 2.06. The highest BCUT2D eigenvalue weighted by atomic mass is 32.2. The average Bonchev–Trinajstić information content (AvgIpc) is 3.05. The maximum absolute atomic E-state index is 13.4. The van der Waals surface area contributed by atoms with Crippen LogP contribution in [-0.2, 0) is 0 Å². The number of rotatable bonds is 6. The molecule has 0 amide bonds. The van der Waals surface area contributed by atoms with E-state index >= 15 is 0 Å². The molecule has 0 aliphatic heterocycles. The van der Waals surface area contributed by atoms with Crippen LogP contribution in [0.2, 0.25) is 0 Å². The van der Waals surface area contributed by atoms with Gasteiger partial charge in [-0.2, -0.15) is 8.78 Å². The molecule has 3 nitrogen and oxygen atoms in total. The van der Waals surface area contributed by atoms with Gasteiger partial charge < -0.3 is 9.72 Å². The van der Waals surface area contributed by atoms with Crippen LogP contribution in [0.5, 0.6) is 5.75 Å². The van der Waals surface area contributed by atoms with Gasteiger partial charge >= 0.3 is 11.7 Å². The summed E-state index contributed by atoms with van der Waals surface area (Å²) in [5.41, 5.74) is 2.22. The molecule has 0 aliphatic carbocycles. The number of halogens is 4. The smallest absolute Gasteiger partial charge is 0.360 e. The normalized spacial score (nSPS) is 11.8. The molecule has 0 spiro atoms. The number of ether oxygens (including phenoxy) is 1. The molecule has 136 valence electrons. The molecule has 1 N–H and O–H groups in total. The van der Waals surface area contributed by atoms with E-state index in [0.29, 0.717) is 28.3 Å². The van der Waals surface area contributed by atoms with Gasteiger partial charge in [0.25, 0.3) is 0 Å². The average molecular weight is 382 g/mol. The Morgan fingerprint density at radius 1 is 1.00 bits per heavy atom. The van der Waals surface area contributed by atoms with Crippen LogP contribution < -0.4 is 4.74 Å². The summed E-state index contributed by atoms with van der Waals surface area (Å²) in [6.45, 7) is 0. The van der Waals surface area contributed by atoms with Crippen LogP contribution in [0.15, 0.2) is 59.8 Å². The number of nitrogens with one attached hydrogen (secondary N) is 1. The number of benzene rings is 2. The maximum Gasteiger partial charge on any atom is 0.360 e. The van der Waals surface area contributed by atoms with E-state index in [1.54, 1.807) is 48.5 Å². The zero-order chi connectivity index (χ0) is 18.7. The number of alkyl halides is 4. The standard InChI is InChI=1S/C18H14F4N2OS/c1-25-13-9-7-12(8-10-13)15-14(11-5-3-2-4-6-11)23-17(24-15)26-18(21,22)16(19)20/h2-10,16H,1H3,(H,23,24). The maximum atomic E-state index is 13.4. The number of hydrogen-bond acceptors (Lipinski definition) is 3. The molecule has 0 unspecified atom stereocenters. The monoisotopic (exact) mass is 382 g/mol. The Bertz CT molecular complexity index is 867. The van der Waals surface area contributed by atoms with Crippen LogP contribution in [0, 0.1) is 0 Å². The van der Waals surface area contributed by atoms with Crippen molar-refractivity contribution in [3.63, 3.8) is 0 Å². The van der Waals surface area contributed by atoms with E-state index in [1.165, 1.54) is 7.11 Å². The lowest BCUT2D eigenvalue weighted by atomic mass is 10.1. The summed E-state index contributed by atoms with van der Waals surface area (Å²) < 4.78 is 56.9. The third-order valence-electron chi connectivity index (χ3n) is 3.59. The summed E-state index contributed by atoms with van der Waals surface area (Å²) in [4.78, 5) is 6.87. The van der Waals surface area contributed by atoms with Gasteiger partial charge in [0.15, 0.2) is 5.16 Å². The van der Waals surface area contributed by atoms with Crippen molar-refractivity contribution in [3.8, 4) is 28.3 Å². The molecular weight excluding hydrogens is 368 g/mol. The Hall–Kier alpha value is -2.48. The molecule has 0 radical (unpaired) electrons. The highest BCUT2D eigenvalue weighted by Crippen LogP contribution is 2.41. The largest absolute Gasteiger partial charge is 0.497 e. The van der Waals surface area contributed by atoms with Gasteiger partial charge in [-0.15, -0.1) is 0 Å². The third-order valence-corrected chi connectivity index (χ3v) is 4.43. The molecule has 0 saturated carbocycles. The van der Waals surface area contributed by atoms with Crippen molar-refractivity contribution in [3.05, 3.63) is 54.6 Å². The van der Waals surface area contributed by atoms with Crippen molar-refractivity contribution in [1.82, 2.24) is 9.97 Å². The molecule has 26 heavy (non-hydrogen) atoms. The first-order valence-corrected chi connectivity index (χ1v) is 8.37. The molecule has 1 heterocycles. The van der Waals surface area contributed by atoms with Crippen molar-refractivity contribution in [2.24, 2.45) is 0 Å². The van der Waals surface area contributed by atoms with Crippen molar-refractivity contribution in [1.29, 1.82) is 0 Å². The fourth-order valence-corrected chi connectivity index (χ4v) is 2.98. The van der Waals surface area contributed by atoms with E-state index in [2.05, 4.69) is 9.97 Å². The zero-order valence-corrected chi connectivity index (χ0v) is 14.4. The minimum atomic E-state index is -4.23. The van der Waals surface area contributed by atoms with E-state index < -0.39 is 11.7 Å². The Labute approximate surface area is 151 Å². The van der Waals surface area contributed by atoms with Crippen molar-refractivity contribution in [2.45, 2.75) is 16.8 Å². The van der Waals surface area contributed by atoms with E-state index in [1.807, 2.05) is 6.07 Å². The van der Waals surface area contributed by atoms with E-state index in [-0.39, 0.29) is 16.9 Å². The minimum Gasteiger partial charge on any atom is -0.497 e. The van der Waals surface area contributed by atoms with Crippen LogP contribution in [0.1, 0.15) is 0 Å². The molecule has 0 aliphatic rings. The quantitative estimate of drug-likeness (QED) is 0.439. The van der Waals surface area contributed by atoms with Crippen LogP contribution in [0.3, 0.4) is 0 Å². The summed E-state index contributed by atoms with van der Waals surface area (Å²) in [5.74, 6) is 0.633. The number of nitrogens with zero attached hydrogens (tertiary/aromatic N) is 1. The zero-order valence-electron chi connectivity index (χ0n) is 13.5. The van der Waals surface area contributed by atoms with Crippen LogP contribution in [0.4, 0.5) is 17.6 Å². The number of hydrogen-bond donors (Lipinski definition) is 1. The lowest BCUT2D eigenvalue weighted by molar-refractivity contribution is -0.0565. The SMILES string of the molecule is COc1ccc(-c2[nH]c(SC(F)(F)C(F)F)nc2-c2ccccc2)cc1. The van der Waals surface area contributed by atoms with E-state index in [9.17, 15) is 17.6 Å². The molecule has 2 aromatic carbocycles. The molecule has 0 atom stereocenters. The van der Waals surface area contributed by atoms with Crippen molar-refractivity contribution < 1.29 is 22.3 Å². The molecule has 8 heteroatoms. The highest BCUT2D eigenvalue weighted by Gasteiger charge is 2.43. The minimum absolute atomic E-state index is 0.278. The second-order valence-electron chi connectivity index (χ2n) is 5.32. The van der Waals surface area contributed by atoms with Gasteiger partial charge in [-0.3, -0.25) is 0 Å². The van der Waals surface area contributed by atoms with Gasteiger partial charge in [0, 0.05) is 11.1 Å². The van der Waals surface area contributed by atoms with Crippen LogP contribution in [-0.4, -0.2) is 28.8 Å². The fourth-order valence-electron chi connectivity index (χ4n) is 2.34. The first kappa shape index (κ1) is 18.3. The molecule has 0 saturated heterocycles. The molecular formula is C18H14F4N2OS. The summed E-state index contributed by atoms with van der Waals surface area (Å²) in [6, 6.07) is 15.8. The lowest BCUT2D eigenvalue weighted by Crippen LogP contribution is -2.21. The number of imidazole rings is 1. The summed E-state index contributed by atoms with van der Waals surface area (Å²) >= 11 is -0.289. The predicted octanol–water partition coefficient (Wildman–Crippen LogP) is 5.70. The summed E-state index contributed by atoms with van der Waals surface area (Å²) in [7, 11) is 1.53. The second kappa shape index (κ2) is 7.41. The Kier molecular flexibility index (Phi) is 5.22. The van der Waals surface area contributed by atoms with E-state index in [0.717, 1.165) is 0 Å². The van der Waals surface area contributed by atoms with Gasteiger partial charge in [0.2, 0.25) is 0 Å². The van der Waals surface area contributed by atoms with Gasteiger partial charge in [-0.1, -0.05) is 30.3 Å². The summed E-state index contributed by atoms with van der Waals surface area (Å²) in [6.07, 6.45) is -3.79. The number of aromatic nitrogens is 2. The molecule has 3 aromatic rings. The van der Waals surface area contributed by atoms with Gasteiger partial charge in [0.1, 0.15) is 5.75 Å². The number of H-pyrrole nitrogens is 1. The lowest BCUT2D eigenvalue weighted by Gasteiger charge is -2.11. The molecule has 0 bridgehead atoms. The van der Waals surface area contributed by atoms with Crippen LogP contribution >= 0.6 is 11.8 Å². The Morgan fingerprint density at radius 3 is 2.23 bits per heavy atom. The topological polar surface area (TPSA) is 37.9 Å². The highest BCUT2D eigenvalue weighted by molar-refractivity contribution is 8.00. The number of methoxy groups -OCH3 is 1. The molecule has 0 fully saturated rings. The van der Waals surface area contributed by atoms with Gasteiger partial charge in [0.05, 0.1) is 18.5 Å². The first-order valence-electron chi connectivity index (χ1n) is 7.55. The predicted molar refractivity (Wildman–Crippen MR) is 92.8 cm³/mol. The molecule has 1 aromatic heterocycles. The van der Waals surface area contributed by atoms with E-state index in [4.69, 9.17) is 4.74 Å². The van der Waals surface area contributed by atoms with Gasteiger partial charge in [-0.25, -0.2) is 13.8 Å². The fraction of sp³-hybridized carbons (Fsp3) is 0.167. The van der Waals surface area contributed by atoms with Crippen molar-refractivity contribution >= 4 is 11.8 Å². The first-order chi connectivity index (χ1) is 12.4. The van der Waals surface area contributed by atoms with Crippen molar-refractivity contribution in [2.75, 3.05) is 7.11 Å². The van der Waals surface area contributed by atoms with Crippen LogP contribution in [0.25, 0.3) is 22.5 Å². The Morgan fingerprint density at radius 2 is 1.65 bits per heavy atom. The number of aromatic amines is 1. The second-order valence-corrected chi connectivity index (χ2v) is 6.46. The third kappa shape index (κ3) is 3.85. The number of thioether (sulfide) groups is 1.